The summed E-state index contributed by atoms with van der Waals surface area (Å²) in [6, 6.07) is 0. The second kappa shape index (κ2) is 8.12. The van der Waals surface area contributed by atoms with Gasteiger partial charge in [0, 0.05) is 38.8 Å². The summed E-state index contributed by atoms with van der Waals surface area (Å²) >= 11 is 0. The van der Waals surface area contributed by atoms with E-state index in [4.69, 9.17) is 4.98 Å². The van der Waals surface area contributed by atoms with Gasteiger partial charge in [0.25, 0.3) is 0 Å². The van der Waals surface area contributed by atoms with Crippen molar-refractivity contribution in [2.75, 3.05) is 31.1 Å². The molecule has 2 fully saturated rings. The minimum atomic E-state index is -0.0398. The normalized spacial score (nSPS) is 18.0. The van der Waals surface area contributed by atoms with E-state index in [2.05, 4.69) is 21.4 Å². The Kier molecular flexibility index (Phi) is 5.41. The molecule has 0 bridgehead atoms. The second-order valence-electron chi connectivity index (χ2n) is 7.76. The number of nitrogens with zero attached hydrogens (tertiary/aromatic N) is 4. The first-order chi connectivity index (χ1) is 13.7. The summed E-state index contributed by atoms with van der Waals surface area (Å²) in [5.41, 5.74) is 1.94. The van der Waals surface area contributed by atoms with Crippen LogP contribution >= 0.6 is 0 Å². The highest BCUT2D eigenvalue weighted by atomic mass is 16.2. The molecule has 2 aromatic rings. The van der Waals surface area contributed by atoms with Gasteiger partial charge >= 0.3 is 0 Å². The number of ketones is 1. The number of rotatable bonds is 6. The van der Waals surface area contributed by atoms with Gasteiger partial charge in [-0.15, -0.1) is 0 Å². The van der Waals surface area contributed by atoms with Crippen LogP contribution in [0, 0.1) is 5.92 Å². The fourth-order valence-corrected chi connectivity index (χ4v) is 4.30. The number of anilines is 1. The molecule has 3 heterocycles. The molecule has 148 valence electrons. The summed E-state index contributed by atoms with van der Waals surface area (Å²) in [6.07, 6.45) is 11.5. The molecule has 1 N–H and O–H groups in total. The maximum atomic E-state index is 12.8. The molecule has 0 spiro atoms. The van der Waals surface area contributed by atoms with Crippen molar-refractivity contribution in [1.29, 1.82) is 0 Å². The summed E-state index contributed by atoms with van der Waals surface area (Å²) in [6.45, 7) is 6.18. The van der Waals surface area contributed by atoms with E-state index in [0.717, 1.165) is 12.2 Å². The highest BCUT2D eigenvalue weighted by Gasteiger charge is 2.23. The first kappa shape index (κ1) is 18.7. The van der Waals surface area contributed by atoms with Gasteiger partial charge in [0.05, 0.1) is 11.8 Å². The standard InChI is InChI=1S/C21H27N5O2/c1-2-19(28)26-11-9-25(10-12-26)18-14-23-21-20(24-18)16(13-22-21)17(27)8-7-15-5-3-4-6-15/h2,13-15H,1,3-12H2,(H,22,23). The average molecular weight is 381 g/mol. The third-order valence-corrected chi connectivity index (χ3v) is 6.01. The molecule has 1 amide bonds. The molecule has 1 saturated heterocycles. The molecule has 7 nitrogen and oxygen atoms in total. The van der Waals surface area contributed by atoms with Crippen LogP contribution in [0.15, 0.2) is 25.0 Å². The molecule has 0 unspecified atom stereocenters. The van der Waals surface area contributed by atoms with E-state index in [1.165, 1.54) is 31.8 Å². The number of carbonyl (C=O) groups is 2. The number of fused-ring (bicyclic) bond motifs is 1. The molecule has 1 saturated carbocycles. The average Bonchev–Trinajstić information content (AvgIpc) is 3.41. The Morgan fingerprint density at radius 2 is 1.96 bits per heavy atom. The quantitative estimate of drug-likeness (QED) is 0.614. The van der Waals surface area contributed by atoms with Crippen LogP contribution in [0.4, 0.5) is 5.82 Å². The van der Waals surface area contributed by atoms with Crippen molar-refractivity contribution >= 4 is 28.7 Å². The van der Waals surface area contributed by atoms with E-state index in [-0.39, 0.29) is 11.7 Å². The maximum Gasteiger partial charge on any atom is 0.246 e. The van der Waals surface area contributed by atoms with E-state index in [1.807, 2.05) is 0 Å². The summed E-state index contributed by atoms with van der Waals surface area (Å²) in [7, 11) is 0. The van der Waals surface area contributed by atoms with Crippen molar-refractivity contribution in [1.82, 2.24) is 19.9 Å². The van der Waals surface area contributed by atoms with Gasteiger partial charge in [-0.1, -0.05) is 32.3 Å². The monoisotopic (exact) mass is 381 g/mol. The Morgan fingerprint density at radius 1 is 1.21 bits per heavy atom. The third kappa shape index (κ3) is 3.79. The molecule has 2 aromatic heterocycles. The number of hydrogen-bond acceptors (Lipinski definition) is 5. The Labute approximate surface area is 164 Å². The molecule has 1 aliphatic carbocycles. The highest BCUT2D eigenvalue weighted by Crippen LogP contribution is 2.29. The van der Waals surface area contributed by atoms with E-state index < -0.39 is 0 Å². The Balaban J connectivity index is 1.46. The van der Waals surface area contributed by atoms with E-state index in [1.54, 1.807) is 17.3 Å². The zero-order valence-corrected chi connectivity index (χ0v) is 16.2. The van der Waals surface area contributed by atoms with Crippen LogP contribution in [0.5, 0.6) is 0 Å². The topological polar surface area (TPSA) is 82.2 Å². The largest absolute Gasteiger partial charge is 0.352 e. The third-order valence-electron chi connectivity index (χ3n) is 6.01. The molecule has 0 radical (unpaired) electrons. The first-order valence-electron chi connectivity index (χ1n) is 10.2. The SMILES string of the molecule is C=CC(=O)N1CCN(c2cnc3[nH]cc(C(=O)CCC4CCCC4)c3n2)CC1. The van der Waals surface area contributed by atoms with E-state index >= 15 is 0 Å². The van der Waals surface area contributed by atoms with Gasteiger partial charge in [0.15, 0.2) is 11.4 Å². The minimum absolute atomic E-state index is 0.0398. The Hall–Kier alpha value is -2.70. The molecule has 4 rings (SSSR count). The first-order valence-corrected chi connectivity index (χ1v) is 10.2. The Morgan fingerprint density at radius 3 is 2.68 bits per heavy atom. The molecule has 0 aromatic carbocycles. The predicted octanol–water partition coefficient (Wildman–Crippen LogP) is 2.95. The smallest absolute Gasteiger partial charge is 0.246 e. The number of aromatic amines is 1. The number of amides is 1. The molecule has 7 heteroatoms. The van der Waals surface area contributed by atoms with Crippen molar-refractivity contribution in [3.8, 4) is 0 Å². The van der Waals surface area contributed by atoms with E-state index in [0.29, 0.717) is 55.2 Å². The zero-order valence-electron chi connectivity index (χ0n) is 16.2. The number of H-pyrrole nitrogens is 1. The summed E-state index contributed by atoms with van der Waals surface area (Å²) < 4.78 is 0. The predicted molar refractivity (Wildman–Crippen MR) is 108 cm³/mol. The van der Waals surface area contributed by atoms with Crippen molar-refractivity contribution in [3.63, 3.8) is 0 Å². The van der Waals surface area contributed by atoms with Gasteiger partial charge in [-0.3, -0.25) is 9.59 Å². The van der Waals surface area contributed by atoms with Crippen molar-refractivity contribution in [2.24, 2.45) is 5.92 Å². The van der Waals surface area contributed by atoms with Crippen molar-refractivity contribution in [3.05, 3.63) is 30.6 Å². The lowest BCUT2D eigenvalue weighted by atomic mass is 9.98. The molecule has 2 aliphatic rings. The fraction of sp³-hybridized carbons (Fsp3) is 0.524. The van der Waals surface area contributed by atoms with Gasteiger partial charge in [-0.05, 0) is 18.4 Å². The van der Waals surface area contributed by atoms with Crippen LogP contribution in [-0.2, 0) is 4.79 Å². The number of Topliss-reactive ketones (excluding diaryl/α,β-unsaturated/α-hetero) is 1. The van der Waals surface area contributed by atoms with Crippen LogP contribution in [0.1, 0.15) is 48.9 Å². The van der Waals surface area contributed by atoms with Crippen LogP contribution < -0.4 is 4.90 Å². The molecular formula is C21H27N5O2. The van der Waals surface area contributed by atoms with Crippen LogP contribution in [0.25, 0.3) is 11.2 Å². The fourth-order valence-electron chi connectivity index (χ4n) is 4.30. The lowest BCUT2D eigenvalue weighted by Crippen LogP contribution is -2.48. The molecular weight excluding hydrogens is 354 g/mol. The Bertz CT molecular complexity index is 876. The van der Waals surface area contributed by atoms with Gasteiger partial charge in [-0.25, -0.2) is 9.97 Å². The maximum absolute atomic E-state index is 12.8. The van der Waals surface area contributed by atoms with Gasteiger partial charge in [0.2, 0.25) is 5.91 Å². The lowest BCUT2D eigenvalue weighted by molar-refractivity contribution is -0.126. The highest BCUT2D eigenvalue weighted by molar-refractivity contribution is 6.05. The lowest BCUT2D eigenvalue weighted by Gasteiger charge is -2.34. The zero-order chi connectivity index (χ0) is 19.5. The van der Waals surface area contributed by atoms with Gasteiger partial charge in [-0.2, -0.15) is 0 Å². The summed E-state index contributed by atoms with van der Waals surface area (Å²) in [5, 5.41) is 0. The number of hydrogen-bond donors (Lipinski definition) is 1. The van der Waals surface area contributed by atoms with Gasteiger partial charge in [0.1, 0.15) is 11.3 Å². The van der Waals surface area contributed by atoms with E-state index in [9.17, 15) is 9.59 Å². The van der Waals surface area contributed by atoms with Gasteiger partial charge < -0.3 is 14.8 Å². The number of nitrogens with one attached hydrogen (secondary N) is 1. The van der Waals surface area contributed by atoms with Crippen LogP contribution in [0.3, 0.4) is 0 Å². The van der Waals surface area contributed by atoms with Crippen LogP contribution in [-0.4, -0.2) is 57.7 Å². The number of aromatic nitrogens is 3. The number of carbonyl (C=O) groups excluding carboxylic acids is 2. The summed E-state index contributed by atoms with van der Waals surface area (Å²) in [5.74, 6) is 1.56. The summed E-state index contributed by atoms with van der Waals surface area (Å²) in [4.78, 5) is 40.7. The number of piperazine rings is 1. The van der Waals surface area contributed by atoms with Crippen molar-refractivity contribution < 1.29 is 9.59 Å². The second-order valence-corrected chi connectivity index (χ2v) is 7.76. The molecule has 0 atom stereocenters. The van der Waals surface area contributed by atoms with Crippen LogP contribution in [0.2, 0.25) is 0 Å². The molecule has 1 aliphatic heterocycles. The van der Waals surface area contributed by atoms with Crippen molar-refractivity contribution in [2.45, 2.75) is 38.5 Å². The minimum Gasteiger partial charge on any atom is -0.352 e. The molecule has 28 heavy (non-hydrogen) atoms.